The van der Waals surface area contributed by atoms with Crippen LogP contribution in [0.25, 0.3) is 0 Å². The molecular formula is C13H14N2OS. The molecule has 1 atom stereocenters. The number of nitrogens with zero attached hydrogens (tertiary/aromatic N) is 1. The number of benzene rings is 2. The molecule has 0 aliphatic carbocycles. The van der Waals surface area contributed by atoms with Gasteiger partial charge in [-0.2, -0.15) is 4.36 Å². The monoisotopic (exact) mass is 246 g/mol. The maximum Gasteiger partial charge on any atom is 0.139 e. The van der Waals surface area contributed by atoms with Crippen molar-refractivity contribution in [3.63, 3.8) is 0 Å². The van der Waals surface area contributed by atoms with Crippen LogP contribution in [-0.4, -0.2) is 4.21 Å². The van der Waals surface area contributed by atoms with Gasteiger partial charge in [0, 0.05) is 0 Å². The molecule has 0 saturated heterocycles. The zero-order chi connectivity index (χ0) is 12.3. The second-order valence-corrected chi connectivity index (χ2v) is 5.60. The maximum absolute atomic E-state index is 12.3. The van der Waals surface area contributed by atoms with Crippen molar-refractivity contribution in [1.29, 1.82) is 0 Å². The van der Waals surface area contributed by atoms with Gasteiger partial charge in [0.2, 0.25) is 0 Å². The van der Waals surface area contributed by atoms with Crippen LogP contribution in [0.3, 0.4) is 0 Å². The SMILES string of the molecule is Cc1ccc(S(N)(=O)=Nc2ccccc2)cc1. The van der Waals surface area contributed by atoms with E-state index in [0.717, 1.165) is 5.56 Å². The molecule has 88 valence electrons. The fourth-order valence-corrected chi connectivity index (χ4v) is 2.50. The molecule has 2 rings (SSSR count). The Kier molecular flexibility index (Phi) is 3.26. The van der Waals surface area contributed by atoms with Crippen LogP contribution in [0.2, 0.25) is 0 Å². The van der Waals surface area contributed by atoms with Crippen molar-refractivity contribution in [2.45, 2.75) is 11.8 Å². The molecule has 3 nitrogen and oxygen atoms in total. The van der Waals surface area contributed by atoms with E-state index in [-0.39, 0.29) is 0 Å². The lowest BCUT2D eigenvalue weighted by Gasteiger charge is -2.04. The van der Waals surface area contributed by atoms with Gasteiger partial charge in [0.1, 0.15) is 9.92 Å². The first-order valence-corrected chi connectivity index (χ1v) is 6.82. The van der Waals surface area contributed by atoms with E-state index in [1.54, 1.807) is 24.3 Å². The molecule has 4 heteroatoms. The Bertz CT molecular complexity index is 612. The Labute approximate surface area is 102 Å². The number of hydrogen-bond donors (Lipinski definition) is 1. The van der Waals surface area contributed by atoms with E-state index in [2.05, 4.69) is 4.36 Å². The van der Waals surface area contributed by atoms with Gasteiger partial charge in [-0.15, -0.1) is 0 Å². The summed E-state index contributed by atoms with van der Waals surface area (Å²) in [5.41, 5.74) is 1.73. The van der Waals surface area contributed by atoms with E-state index in [0.29, 0.717) is 10.6 Å². The van der Waals surface area contributed by atoms with Gasteiger partial charge in [-0.3, -0.25) is 0 Å². The lowest BCUT2D eigenvalue weighted by atomic mass is 10.2. The van der Waals surface area contributed by atoms with E-state index in [1.807, 2.05) is 37.3 Å². The van der Waals surface area contributed by atoms with Gasteiger partial charge in [0.25, 0.3) is 0 Å². The standard InChI is InChI=1S/C13H14N2OS/c1-11-7-9-13(10-8-11)17(14,16)15-12-5-3-2-4-6-12/h2-10H,1H3,(H2,14,15,16). The highest BCUT2D eigenvalue weighted by Gasteiger charge is 2.05. The molecular weight excluding hydrogens is 232 g/mol. The normalized spacial score (nSPS) is 14.0. The van der Waals surface area contributed by atoms with E-state index in [4.69, 9.17) is 5.14 Å². The molecule has 0 spiro atoms. The molecule has 0 amide bonds. The number of nitrogens with two attached hydrogens (primary N) is 1. The lowest BCUT2D eigenvalue weighted by molar-refractivity contribution is 0.678. The van der Waals surface area contributed by atoms with Crippen LogP contribution in [0.4, 0.5) is 5.69 Å². The second kappa shape index (κ2) is 4.69. The van der Waals surface area contributed by atoms with Gasteiger partial charge < -0.3 is 0 Å². The van der Waals surface area contributed by atoms with E-state index in [1.165, 1.54) is 0 Å². The predicted octanol–water partition coefficient (Wildman–Crippen LogP) is 3.03. The third kappa shape index (κ3) is 2.93. The van der Waals surface area contributed by atoms with Gasteiger partial charge in [0.15, 0.2) is 0 Å². The van der Waals surface area contributed by atoms with Crippen molar-refractivity contribution in [3.05, 3.63) is 60.2 Å². The first-order chi connectivity index (χ1) is 8.08. The van der Waals surface area contributed by atoms with Crippen LogP contribution in [0.15, 0.2) is 63.9 Å². The van der Waals surface area contributed by atoms with Gasteiger partial charge >= 0.3 is 0 Å². The Morgan fingerprint density at radius 3 is 2.18 bits per heavy atom. The van der Waals surface area contributed by atoms with E-state index >= 15 is 0 Å². The summed E-state index contributed by atoms with van der Waals surface area (Å²) >= 11 is 0. The Hall–Kier alpha value is -1.65. The fraction of sp³-hybridized carbons (Fsp3) is 0.0769. The highest BCUT2D eigenvalue weighted by Crippen LogP contribution is 2.17. The van der Waals surface area contributed by atoms with Crippen LogP contribution >= 0.6 is 0 Å². The molecule has 0 aliphatic heterocycles. The van der Waals surface area contributed by atoms with Crippen LogP contribution in [0.1, 0.15) is 5.56 Å². The van der Waals surface area contributed by atoms with Gasteiger partial charge in [-0.1, -0.05) is 35.9 Å². The third-order valence-electron chi connectivity index (χ3n) is 2.36. The van der Waals surface area contributed by atoms with Crippen LogP contribution < -0.4 is 5.14 Å². The first kappa shape index (κ1) is 11.8. The van der Waals surface area contributed by atoms with Gasteiger partial charge in [0.05, 0.1) is 10.6 Å². The number of rotatable bonds is 2. The quantitative estimate of drug-likeness (QED) is 0.870. The summed E-state index contributed by atoms with van der Waals surface area (Å²) in [7, 11) is -2.86. The number of aryl methyl sites for hydroxylation is 1. The summed E-state index contributed by atoms with van der Waals surface area (Å²) in [5, 5.41) is 5.78. The molecule has 0 heterocycles. The predicted molar refractivity (Wildman–Crippen MR) is 70.3 cm³/mol. The Balaban J connectivity index is 2.46. The van der Waals surface area contributed by atoms with Crippen molar-refractivity contribution in [2.75, 3.05) is 0 Å². The molecule has 0 radical (unpaired) electrons. The molecule has 2 aromatic carbocycles. The fourth-order valence-electron chi connectivity index (χ4n) is 1.43. The molecule has 0 aliphatic rings. The lowest BCUT2D eigenvalue weighted by Crippen LogP contribution is -2.11. The summed E-state index contributed by atoms with van der Waals surface area (Å²) < 4.78 is 16.4. The average Bonchev–Trinajstić information content (AvgIpc) is 2.30. The first-order valence-electron chi connectivity index (χ1n) is 5.24. The summed E-state index contributed by atoms with van der Waals surface area (Å²) in [5.74, 6) is 0. The molecule has 1 unspecified atom stereocenters. The van der Waals surface area contributed by atoms with Gasteiger partial charge in [-0.05, 0) is 31.2 Å². The highest BCUT2D eigenvalue weighted by molar-refractivity contribution is 7.91. The summed E-state index contributed by atoms with van der Waals surface area (Å²) in [4.78, 5) is 0.548. The Morgan fingerprint density at radius 1 is 1.00 bits per heavy atom. The topological polar surface area (TPSA) is 55.5 Å². The van der Waals surface area contributed by atoms with Gasteiger partial charge in [-0.25, -0.2) is 9.35 Å². The third-order valence-corrected chi connectivity index (χ3v) is 3.79. The van der Waals surface area contributed by atoms with E-state index < -0.39 is 9.92 Å². The molecule has 17 heavy (non-hydrogen) atoms. The Morgan fingerprint density at radius 2 is 1.59 bits per heavy atom. The summed E-state index contributed by atoms with van der Waals surface area (Å²) in [6.45, 7) is 1.97. The van der Waals surface area contributed by atoms with Crippen LogP contribution in [-0.2, 0) is 9.92 Å². The van der Waals surface area contributed by atoms with Crippen molar-refractivity contribution in [1.82, 2.24) is 0 Å². The molecule has 0 saturated carbocycles. The smallest absolute Gasteiger partial charge is 0.139 e. The van der Waals surface area contributed by atoms with Crippen molar-refractivity contribution in [3.8, 4) is 0 Å². The summed E-state index contributed by atoms with van der Waals surface area (Å²) in [6, 6.07) is 16.4. The van der Waals surface area contributed by atoms with E-state index in [9.17, 15) is 4.21 Å². The van der Waals surface area contributed by atoms with Crippen LogP contribution in [0, 0.1) is 6.92 Å². The zero-order valence-corrected chi connectivity index (χ0v) is 10.4. The minimum absolute atomic E-state index is 0.548. The molecule has 2 aromatic rings. The van der Waals surface area contributed by atoms with Crippen molar-refractivity contribution >= 4 is 15.6 Å². The molecule has 0 aromatic heterocycles. The molecule has 0 bridgehead atoms. The minimum Gasteiger partial charge on any atom is -0.241 e. The maximum atomic E-state index is 12.3. The second-order valence-electron chi connectivity index (χ2n) is 3.81. The molecule has 0 fully saturated rings. The largest absolute Gasteiger partial charge is 0.241 e. The van der Waals surface area contributed by atoms with Crippen LogP contribution in [0.5, 0.6) is 0 Å². The van der Waals surface area contributed by atoms with Crippen molar-refractivity contribution in [2.24, 2.45) is 9.50 Å². The number of hydrogen-bond acceptors (Lipinski definition) is 2. The zero-order valence-electron chi connectivity index (χ0n) is 9.54. The highest BCUT2D eigenvalue weighted by atomic mass is 32.2. The summed E-state index contributed by atoms with van der Waals surface area (Å²) in [6.07, 6.45) is 0. The van der Waals surface area contributed by atoms with Crippen molar-refractivity contribution < 1.29 is 4.21 Å². The minimum atomic E-state index is -2.86. The average molecular weight is 246 g/mol. The molecule has 2 N–H and O–H groups in total.